The fourth-order valence-electron chi connectivity index (χ4n) is 2.32. The van der Waals surface area contributed by atoms with Gasteiger partial charge in [0.15, 0.2) is 0 Å². The van der Waals surface area contributed by atoms with Crippen molar-refractivity contribution in [3.05, 3.63) is 0 Å². The zero-order valence-electron chi connectivity index (χ0n) is 10.2. The van der Waals surface area contributed by atoms with Crippen molar-refractivity contribution in [2.75, 3.05) is 13.1 Å². The molecule has 6 heteroatoms. The molecule has 2 N–H and O–H groups in total. The molecule has 1 aliphatic heterocycles. The average molecular weight is 254 g/mol. The zero-order chi connectivity index (χ0) is 13.1. The topological polar surface area (TPSA) is 86.7 Å². The summed E-state index contributed by atoms with van der Waals surface area (Å²) >= 11 is 0. The fraction of sp³-hybridized carbons (Fsp3) is 0.750. The monoisotopic (exact) mass is 254 g/mol. The highest BCUT2D eigenvalue weighted by Gasteiger charge is 2.34. The molecule has 2 amide bonds. The van der Waals surface area contributed by atoms with Crippen molar-refractivity contribution in [1.29, 1.82) is 0 Å². The van der Waals surface area contributed by atoms with Gasteiger partial charge < -0.3 is 15.3 Å². The van der Waals surface area contributed by atoms with Crippen molar-refractivity contribution in [3.63, 3.8) is 0 Å². The number of carbonyl (C=O) groups is 3. The number of carboxylic acid groups (broad SMARTS) is 1. The Kier molecular flexibility index (Phi) is 3.84. The van der Waals surface area contributed by atoms with Crippen molar-refractivity contribution in [2.24, 2.45) is 5.92 Å². The summed E-state index contributed by atoms with van der Waals surface area (Å²) < 4.78 is 0. The van der Waals surface area contributed by atoms with Crippen LogP contribution in [0.4, 0.5) is 0 Å². The number of carbonyl (C=O) groups excluding carboxylic acids is 2. The van der Waals surface area contributed by atoms with Crippen molar-refractivity contribution < 1.29 is 19.5 Å². The van der Waals surface area contributed by atoms with E-state index >= 15 is 0 Å². The Labute approximate surface area is 105 Å². The van der Waals surface area contributed by atoms with E-state index < -0.39 is 5.97 Å². The molecule has 6 nitrogen and oxygen atoms in total. The van der Waals surface area contributed by atoms with Gasteiger partial charge in [-0.15, -0.1) is 0 Å². The Hall–Kier alpha value is -1.59. The van der Waals surface area contributed by atoms with E-state index in [0.29, 0.717) is 18.9 Å². The van der Waals surface area contributed by atoms with Crippen LogP contribution in [0.25, 0.3) is 0 Å². The number of likely N-dealkylation sites (tertiary alicyclic amines) is 1. The first-order valence-corrected chi connectivity index (χ1v) is 6.35. The molecule has 1 aliphatic carbocycles. The average Bonchev–Trinajstić information content (AvgIpc) is 3.04. The van der Waals surface area contributed by atoms with Crippen molar-refractivity contribution >= 4 is 17.8 Å². The number of hydrogen-bond donors (Lipinski definition) is 2. The number of carboxylic acids is 1. The molecule has 0 bridgehead atoms. The summed E-state index contributed by atoms with van der Waals surface area (Å²) in [5, 5.41) is 11.5. The minimum Gasteiger partial charge on any atom is -0.481 e. The van der Waals surface area contributed by atoms with Crippen molar-refractivity contribution in [1.82, 2.24) is 10.2 Å². The molecule has 2 aliphatic rings. The molecule has 100 valence electrons. The summed E-state index contributed by atoms with van der Waals surface area (Å²) in [4.78, 5) is 35.4. The highest BCUT2D eigenvalue weighted by Crippen LogP contribution is 2.34. The Balaban J connectivity index is 1.81. The molecule has 0 aromatic heterocycles. The van der Waals surface area contributed by atoms with Gasteiger partial charge in [0.25, 0.3) is 0 Å². The third kappa shape index (κ3) is 3.45. The maximum absolute atomic E-state index is 11.8. The number of amides is 2. The van der Waals surface area contributed by atoms with E-state index in [4.69, 9.17) is 5.11 Å². The van der Waals surface area contributed by atoms with Gasteiger partial charge >= 0.3 is 5.97 Å². The fourth-order valence-corrected chi connectivity index (χ4v) is 2.32. The zero-order valence-corrected chi connectivity index (χ0v) is 10.2. The Bertz CT molecular complexity index is 365. The van der Waals surface area contributed by atoms with E-state index in [1.165, 1.54) is 4.90 Å². The van der Waals surface area contributed by atoms with Gasteiger partial charge in [0, 0.05) is 19.0 Å². The van der Waals surface area contributed by atoms with E-state index in [0.717, 1.165) is 19.3 Å². The molecule has 2 fully saturated rings. The van der Waals surface area contributed by atoms with Crippen LogP contribution in [0.2, 0.25) is 0 Å². The number of aliphatic carboxylic acids is 1. The van der Waals surface area contributed by atoms with Crippen LogP contribution in [0, 0.1) is 5.92 Å². The van der Waals surface area contributed by atoms with Crippen LogP contribution in [0.5, 0.6) is 0 Å². The normalized spacial score (nSPS) is 20.9. The largest absolute Gasteiger partial charge is 0.481 e. The highest BCUT2D eigenvalue weighted by atomic mass is 16.4. The second kappa shape index (κ2) is 5.37. The van der Waals surface area contributed by atoms with Crippen LogP contribution in [0.15, 0.2) is 0 Å². The van der Waals surface area contributed by atoms with Gasteiger partial charge in [-0.2, -0.15) is 0 Å². The summed E-state index contributed by atoms with van der Waals surface area (Å²) in [6.45, 7) is 0.681. The second-order valence-corrected chi connectivity index (χ2v) is 5.03. The van der Waals surface area contributed by atoms with Crippen LogP contribution >= 0.6 is 0 Å². The molecular weight excluding hydrogens is 236 g/mol. The first-order valence-electron chi connectivity index (χ1n) is 6.35. The summed E-state index contributed by atoms with van der Waals surface area (Å²) in [6, 6.07) is -0.285. The number of nitrogens with zero attached hydrogens (tertiary/aromatic N) is 1. The smallest absolute Gasteiger partial charge is 0.305 e. The van der Waals surface area contributed by atoms with Gasteiger partial charge in [-0.3, -0.25) is 14.4 Å². The van der Waals surface area contributed by atoms with E-state index in [2.05, 4.69) is 5.32 Å². The van der Waals surface area contributed by atoms with Gasteiger partial charge in [0.1, 0.15) is 0 Å². The van der Waals surface area contributed by atoms with E-state index in [1.807, 2.05) is 0 Å². The Morgan fingerprint density at radius 2 is 2.17 bits per heavy atom. The molecule has 1 saturated heterocycles. The lowest BCUT2D eigenvalue weighted by molar-refractivity contribution is -0.138. The number of hydrogen-bond acceptors (Lipinski definition) is 3. The lowest BCUT2D eigenvalue weighted by Crippen LogP contribution is -2.44. The minimum absolute atomic E-state index is 0.00589. The lowest BCUT2D eigenvalue weighted by atomic mass is 10.1. The van der Waals surface area contributed by atoms with E-state index in [1.54, 1.807) is 0 Å². The van der Waals surface area contributed by atoms with Gasteiger partial charge in [-0.25, -0.2) is 0 Å². The van der Waals surface area contributed by atoms with Gasteiger partial charge in [0.05, 0.1) is 13.0 Å². The molecule has 1 atom stereocenters. The first kappa shape index (κ1) is 12.9. The summed E-state index contributed by atoms with van der Waals surface area (Å²) in [6.07, 6.45) is 3.22. The van der Waals surface area contributed by atoms with Crippen molar-refractivity contribution in [2.45, 2.75) is 38.1 Å². The van der Waals surface area contributed by atoms with Gasteiger partial charge in [-0.1, -0.05) is 0 Å². The molecule has 0 radical (unpaired) electrons. The molecule has 1 saturated carbocycles. The summed E-state index contributed by atoms with van der Waals surface area (Å²) in [7, 11) is 0. The maximum Gasteiger partial charge on any atom is 0.305 e. The van der Waals surface area contributed by atoms with Crippen LogP contribution in [-0.4, -0.2) is 46.9 Å². The van der Waals surface area contributed by atoms with Crippen LogP contribution in [0.1, 0.15) is 32.1 Å². The van der Waals surface area contributed by atoms with Crippen LogP contribution < -0.4 is 5.32 Å². The molecule has 1 unspecified atom stereocenters. The molecule has 18 heavy (non-hydrogen) atoms. The third-order valence-electron chi connectivity index (χ3n) is 3.44. The quantitative estimate of drug-likeness (QED) is 0.697. The molecule has 0 aromatic carbocycles. The molecule has 1 heterocycles. The Morgan fingerprint density at radius 3 is 2.67 bits per heavy atom. The number of nitrogens with one attached hydrogen (secondary N) is 1. The van der Waals surface area contributed by atoms with Crippen LogP contribution in [0.3, 0.4) is 0 Å². The van der Waals surface area contributed by atoms with Crippen molar-refractivity contribution in [3.8, 4) is 0 Å². The second-order valence-electron chi connectivity index (χ2n) is 5.03. The maximum atomic E-state index is 11.8. The standard InChI is InChI=1S/C12H18N2O4/c15-10(7-14-5-1-2-11(14)16)13-9(6-12(17)18)8-3-4-8/h8-9H,1-7H2,(H,13,15)(H,17,18). The molecule has 2 rings (SSSR count). The molecule has 0 spiro atoms. The summed E-state index contributed by atoms with van der Waals surface area (Å²) in [5.74, 6) is -0.849. The van der Waals surface area contributed by atoms with Crippen LogP contribution in [-0.2, 0) is 14.4 Å². The first-order chi connectivity index (χ1) is 8.56. The number of rotatable bonds is 6. The van der Waals surface area contributed by atoms with Gasteiger partial charge in [-0.05, 0) is 25.2 Å². The third-order valence-corrected chi connectivity index (χ3v) is 3.44. The Morgan fingerprint density at radius 1 is 1.44 bits per heavy atom. The predicted molar refractivity (Wildman–Crippen MR) is 62.7 cm³/mol. The predicted octanol–water partition coefficient (Wildman–Crippen LogP) is -0.0217. The minimum atomic E-state index is -0.899. The lowest BCUT2D eigenvalue weighted by Gasteiger charge is -2.19. The van der Waals surface area contributed by atoms with E-state index in [-0.39, 0.29) is 30.8 Å². The SMILES string of the molecule is O=C(O)CC(NC(=O)CN1CCCC1=O)C1CC1. The molecule has 0 aromatic rings. The van der Waals surface area contributed by atoms with Gasteiger partial charge in [0.2, 0.25) is 11.8 Å². The summed E-state index contributed by atoms with van der Waals surface area (Å²) in [5.41, 5.74) is 0. The van der Waals surface area contributed by atoms with E-state index in [9.17, 15) is 14.4 Å². The molecular formula is C12H18N2O4. The highest BCUT2D eigenvalue weighted by molar-refractivity contribution is 5.86.